The van der Waals surface area contributed by atoms with Crippen molar-refractivity contribution >= 4 is 23.9 Å². The van der Waals surface area contributed by atoms with E-state index in [-0.39, 0.29) is 0 Å². The average molecular weight is 235 g/mol. The van der Waals surface area contributed by atoms with Crippen LogP contribution < -0.4 is 8.92 Å². The van der Waals surface area contributed by atoms with E-state index >= 15 is 0 Å². The number of pyridine rings is 2. The predicted octanol–water partition coefficient (Wildman–Crippen LogP) is 0.132. The molecular formula is C10H8N2Se. The van der Waals surface area contributed by atoms with Gasteiger partial charge >= 0.3 is 82.9 Å². The molecule has 0 aromatic carbocycles. The van der Waals surface area contributed by atoms with Crippen LogP contribution in [0.25, 0.3) is 0 Å². The van der Waals surface area contributed by atoms with Crippen molar-refractivity contribution in [3.05, 3.63) is 49.1 Å². The van der Waals surface area contributed by atoms with Crippen LogP contribution in [0, 0.1) is 0 Å². The van der Waals surface area contributed by atoms with Crippen molar-refractivity contribution in [1.29, 1.82) is 0 Å². The second-order valence-corrected chi connectivity index (χ2v) is 4.88. The standard InChI is InChI=1S/C10H8N2Se/c1-2-10(8-12-5-1)13-9-3-6-11-7-4-9/h1-8H. The second kappa shape index (κ2) is 4.17. The average Bonchev–Trinajstić information content (AvgIpc) is 2.21. The molecule has 2 heterocycles. The number of nitrogens with zero attached hydrogens (tertiary/aromatic N) is 2. The van der Waals surface area contributed by atoms with Crippen LogP contribution in [0.1, 0.15) is 0 Å². The fourth-order valence-corrected chi connectivity index (χ4v) is 2.61. The first-order valence-electron chi connectivity index (χ1n) is 3.93. The van der Waals surface area contributed by atoms with Gasteiger partial charge in [0.15, 0.2) is 0 Å². The van der Waals surface area contributed by atoms with Crippen LogP contribution in [-0.4, -0.2) is 24.9 Å². The van der Waals surface area contributed by atoms with E-state index in [1.165, 1.54) is 8.92 Å². The number of hydrogen-bond acceptors (Lipinski definition) is 2. The summed E-state index contributed by atoms with van der Waals surface area (Å²) >= 11 is 0.358. The molecule has 0 aliphatic rings. The van der Waals surface area contributed by atoms with Gasteiger partial charge in [-0.15, -0.1) is 0 Å². The first-order chi connectivity index (χ1) is 6.45. The monoisotopic (exact) mass is 236 g/mol. The first-order valence-corrected chi connectivity index (χ1v) is 5.64. The Morgan fingerprint density at radius 3 is 2.38 bits per heavy atom. The fraction of sp³-hybridized carbons (Fsp3) is 0. The molecule has 0 unspecified atom stereocenters. The van der Waals surface area contributed by atoms with Crippen molar-refractivity contribution in [1.82, 2.24) is 9.97 Å². The van der Waals surface area contributed by atoms with Gasteiger partial charge in [-0.2, -0.15) is 0 Å². The van der Waals surface area contributed by atoms with Crippen molar-refractivity contribution in [2.24, 2.45) is 0 Å². The van der Waals surface area contributed by atoms with Crippen molar-refractivity contribution in [3.63, 3.8) is 0 Å². The Morgan fingerprint density at radius 1 is 0.846 bits per heavy atom. The van der Waals surface area contributed by atoms with Gasteiger partial charge < -0.3 is 0 Å². The van der Waals surface area contributed by atoms with Gasteiger partial charge in [0.2, 0.25) is 0 Å². The number of aromatic nitrogens is 2. The van der Waals surface area contributed by atoms with Crippen molar-refractivity contribution in [3.8, 4) is 0 Å². The maximum atomic E-state index is 4.08. The van der Waals surface area contributed by atoms with Gasteiger partial charge in [0.1, 0.15) is 0 Å². The van der Waals surface area contributed by atoms with Gasteiger partial charge in [0.05, 0.1) is 0 Å². The van der Waals surface area contributed by atoms with Crippen molar-refractivity contribution in [2.75, 3.05) is 0 Å². The summed E-state index contributed by atoms with van der Waals surface area (Å²) in [6.45, 7) is 0. The van der Waals surface area contributed by atoms with Crippen LogP contribution in [0.5, 0.6) is 0 Å². The summed E-state index contributed by atoms with van der Waals surface area (Å²) in [6, 6.07) is 8.17. The number of rotatable bonds is 2. The SMILES string of the molecule is c1cncc([Se]c2ccncc2)c1. The summed E-state index contributed by atoms with van der Waals surface area (Å²) in [5.41, 5.74) is 0. The van der Waals surface area contributed by atoms with Gasteiger partial charge in [-0.1, -0.05) is 0 Å². The van der Waals surface area contributed by atoms with Crippen LogP contribution >= 0.6 is 0 Å². The molecule has 2 aromatic rings. The zero-order valence-electron chi connectivity index (χ0n) is 6.92. The first kappa shape index (κ1) is 8.42. The maximum absolute atomic E-state index is 4.08. The molecule has 64 valence electrons. The van der Waals surface area contributed by atoms with Crippen LogP contribution in [-0.2, 0) is 0 Å². The summed E-state index contributed by atoms with van der Waals surface area (Å²) in [5.74, 6) is 0. The Hall–Kier alpha value is -1.18. The zero-order valence-corrected chi connectivity index (χ0v) is 8.63. The van der Waals surface area contributed by atoms with E-state index in [1.807, 2.05) is 36.8 Å². The molecule has 0 saturated carbocycles. The Balaban J connectivity index is 2.16. The zero-order chi connectivity index (χ0) is 8.93. The molecule has 0 spiro atoms. The van der Waals surface area contributed by atoms with Crippen LogP contribution in [0.15, 0.2) is 49.1 Å². The van der Waals surface area contributed by atoms with E-state index in [0.717, 1.165) is 0 Å². The van der Waals surface area contributed by atoms with Gasteiger partial charge in [0.25, 0.3) is 0 Å². The van der Waals surface area contributed by atoms with Gasteiger partial charge in [0, 0.05) is 0 Å². The Labute approximate surface area is 83.2 Å². The normalized spacial score (nSPS) is 9.85. The van der Waals surface area contributed by atoms with E-state index in [0.29, 0.717) is 15.0 Å². The molecule has 0 amide bonds. The molecule has 0 saturated heterocycles. The van der Waals surface area contributed by atoms with Gasteiger partial charge in [-0.3, -0.25) is 0 Å². The molecule has 3 heteroatoms. The van der Waals surface area contributed by atoms with Crippen LogP contribution in [0.3, 0.4) is 0 Å². The molecule has 13 heavy (non-hydrogen) atoms. The van der Waals surface area contributed by atoms with E-state index in [2.05, 4.69) is 16.0 Å². The van der Waals surface area contributed by atoms with Crippen molar-refractivity contribution < 1.29 is 0 Å². The molecule has 0 bridgehead atoms. The summed E-state index contributed by atoms with van der Waals surface area (Å²) in [7, 11) is 0. The van der Waals surface area contributed by atoms with E-state index in [1.54, 1.807) is 6.20 Å². The van der Waals surface area contributed by atoms with Crippen LogP contribution in [0.4, 0.5) is 0 Å². The van der Waals surface area contributed by atoms with Gasteiger partial charge in [-0.05, 0) is 0 Å². The third kappa shape index (κ3) is 2.38. The molecule has 0 aliphatic carbocycles. The molecule has 0 aliphatic heterocycles. The number of hydrogen-bond donors (Lipinski definition) is 0. The second-order valence-electron chi connectivity index (χ2n) is 2.47. The predicted molar refractivity (Wildman–Crippen MR) is 53.5 cm³/mol. The quantitative estimate of drug-likeness (QED) is 0.691. The van der Waals surface area contributed by atoms with E-state index in [9.17, 15) is 0 Å². The summed E-state index contributed by atoms with van der Waals surface area (Å²) in [4.78, 5) is 8.06. The van der Waals surface area contributed by atoms with Gasteiger partial charge in [-0.25, -0.2) is 0 Å². The minimum absolute atomic E-state index is 0.358. The Kier molecular flexibility index (Phi) is 2.70. The fourth-order valence-electron chi connectivity index (χ4n) is 0.950. The van der Waals surface area contributed by atoms with Crippen LogP contribution in [0.2, 0.25) is 0 Å². The molecule has 0 fully saturated rings. The molecule has 0 radical (unpaired) electrons. The summed E-state index contributed by atoms with van der Waals surface area (Å²) in [5, 5.41) is 0. The molecule has 0 N–H and O–H groups in total. The Morgan fingerprint density at radius 2 is 1.69 bits per heavy atom. The third-order valence-electron chi connectivity index (χ3n) is 1.52. The topological polar surface area (TPSA) is 25.8 Å². The molecule has 2 nitrogen and oxygen atoms in total. The van der Waals surface area contributed by atoms with E-state index < -0.39 is 0 Å². The third-order valence-corrected chi connectivity index (χ3v) is 3.59. The minimum atomic E-state index is 0.358. The molecular weight excluding hydrogens is 227 g/mol. The molecule has 2 rings (SSSR count). The van der Waals surface area contributed by atoms with E-state index in [4.69, 9.17) is 0 Å². The molecule has 0 atom stereocenters. The summed E-state index contributed by atoms with van der Waals surface area (Å²) < 4.78 is 2.62. The molecule has 2 aromatic heterocycles. The summed E-state index contributed by atoms with van der Waals surface area (Å²) in [6.07, 6.45) is 7.37. The Bertz CT molecular complexity index is 324. The van der Waals surface area contributed by atoms with Crippen molar-refractivity contribution in [2.45, 2.75) is 0 Å².